The molecule has 2 unspecified atom stereocenters. The van der Waals surface area contributed by atoms with Crippen molar-refractivity contribution < 1.29 is 9.13 Å². The van der Waals surface area contributed by atoms with Gasteiger partial charge in [-0.3, -0.25) is 4.90 Å². The molecular weight excluding hydrogens is 267 g/mol. The highest BCUT2D eigenvalue weighted by Gasteiger charge is 2.20. The van der Waals surface area contributed by atoms with Gasteiger partial charge in [-0.2, -0.15) is 0 Å². The summed E-state index contributed by atoms with van der Waals surface area (Å²) >= 11 is 0. The molecule has 0 radical (unpaired) electrons. The number of benzene rings is 1. The van der Waals surface area contributed by atoms with Crippen LogP contribution in [0, 0.1) is 12.7 Å². The van der Waals surface area contributed by atoms with Crippen LogP contribution in [-0.4, -0.2) is 43.8 Å². The molecule has 1 aromatic rings. The van der Waals surface area contributed by atoms with Crippen molar-refractivity contribution in [1.29, 1.82) is 0 Å². The van der Waals surface area contributed by atoms with Gasteiger partial charge in [-0.25, -0.2) is 4.39 Å². The lowest BCUT2D eigenvalue weighted by atomic mass is 10.0. The first-order valence-corrected chi connectivity index (χ1v) is 7.93. The number of nitrogens with zero attached hydrogens (tertiary/aromatic N) is 1. The number of rotatable bonds is 6. The van der Waals surface area contributed by atoms with Gasteiger partial charge in [0.1, 0.15) is 5.82 Å². The van der Waals surface area contributed by atoms with E-state index in [0.29, 0.717) is 11.6 Å². The first-order chi connectivity index (χ1) is 10.1. The van der Waals surface area contributed by atoms with Crippen molar-refractivity contribution >= 4 is 0 Å². The normalized spacial score (nSPS) is 21.4. The fourth-order valence-corrected chi connectivity index (χ4v) is 2.85. The number of ether oxygens (including phenoxy) is 1. The lowest BCUT2D eigenvalue weighted by Gasteiger charge is -2.34. The SMILES string of the molecule is CCNC(CCN1CCOCC1C)c1ccc(C)c(F)c1. The number of aryl methyl sites for hydroxylation is 1. The van der Waals surface area contributed by atoms with E-state index in [1.54, 1.807) is 13.0 Å². The average molecular weight is 294 g/mol. The molecule has 1 fully saturated rings. The third kappa shape index (κ3) is 4.50. The first kappa shape index (κ1) is 16.4. The Balaban J connectivity index is 1.99. The molecule has 1 saturated heterocycles. The molecule has 118 valence electrons. The van der Waals surface area contributed by atoms with Crippen molar-refractivity contribution in [3.05, 3.63) is 35.1 Å². The van der Waals surface area contributed by atoms with E-state index < -0.39 is 0 Å². The predicted molar refractivity (Wildman–Crippen MR) is 84.0 cm³/mol. The van der Waals surface area contributed by atoms with Crippen molar-refractivity contribution in [3.63, 3.8) is 0 Å². The Morgan fingerprint density at radius 1 is 1.48 bits per heavy atom. The average Bonchev–Trinajstić information content (AvgIpc) is 2.48. The summed E-state index contributed by atoms with van der Waals surface area (Å²) in [4.78, 5) is 2.46. The van der Waals surface area contributed by atoms with E-state index in [-0.39, 0.29) is 11.9 Å². The molecule has 0 bridgehead atoms. The Kier molecular flexibility index (Phi) is 6.15. The second kappa shape index (κ2) is 7.87. The lowest BCUT2D eigenvalue weighted by Crippen LogP contribution is -2.44. The number of morpholine rings is 1. The van der Waals surface area contributed by atoms with Crippen molar-refractivity contribution in [2.75, 3.05) is 32.8 Å². The summed E-state index contributed by atoms with van der Waals surface area (Å²) in [6, 6.07) is 6.25. The minimum Gasteiger partial charge on any atom is -0.379 e. The van der Waals surface area contributed by atoms with Gasteiger partial charge in [-0.15, -0.1) is 0 Å². The Bertz CT molecular complexity index is 452. The number of nitrogens with one attached hydrogen (secondary N) is 1. The van der Waals surface area contributed by atoms with E-state index in [4.69, 9.17) is 4.74 Å². The van der Waals surface area contributed by atoms with Crippen LogP contribution < -0.4 is 5.32 Å². The smallest absolute Gasteiger partial charge is 0.126 e. The van der Waals surface area contributed by atoms with Crippen LogP contribution in [0.15, 0.2) is 18.2 Å². The zero-order chi connectivity index (χ0) is 15.2. The van der Waals surface area contributed by atoms with Crippen molar-refractivity contribution in [3.8, 4) is 0 Å². The summed E-state index contributed by atoms with van der Waals surface area (Å²) in [5, 5.41) is 3.48. The Morgan fingerprint density at radius 2 is 2.29 bits per heavy atom. The summed E-state index contributed by atoms with van der Waals surface area (Å²) < 4.78 is 19.3. The lowest BCUT2D eigenvalue weighted by molar-refractivity contribution is -0.00181. The standard InChI is InChI=1S/C17H27FN2O/c1-4-19-17(15-6-5-13(2)16(18)11-15)7-8-20-9-10-21-12-14(20)3/h5-6,11,14,17,19H,4,7-10,12H2,1-3H3. The number of hydrogen-bond acceptors (Lipinski definition) is 3. The van der Waals surface area contributed by atoms with E-state index >= 15 is 0 Å². The fourth-order valence-electron chi connectivity index (χ4n) is 2.85. The zero-order valence-electron chi connectivity index (χ0n) is 13.4. The highest BCUT2D eigenvalue weighted by Crippen LogP contribution is 2.21. The highest BCUT2D eigenvalue weighted by molar-refractivity contribution is 5.25. The summed E-state index contributed by atoms with van der Waals surface area (Å²) in [7, 11) is 0. The molecular formula is C17H27FN2O. The van der Waals surface area contributed by atoms with E-state index in [1.807, 2.05) is 12.1 Å². The molecule has 4 heteroatoms. The van der Waals surface area contributed by atoms with Gasteiger partial charge in [-0.05, 0) is 44.0 Å². The quantitative estimate of drug-likeness (QED) is 0.873. The van der Waals surface area contributed by atoms with Gasteiger partial charge < -0.3 is 10.1 Å². The largest absolute Gasteiger partial charge is 0.379 e. The molecule has 2 rings (SSSR count). The number of hydrogen-bond donors (Lipinski definition) is 1. The maximum absolute atomic E-state index is 13.8. The molecule has 0 aromatic heterocycles. The Labute approximate surface area is 127 Å². The number of halogens is 1. The minimum absolute atomic E-state index is 0.116. The molecule has 3 nitrogen and oxygen atoms in total. The molecule has 21 heavy (non-hydrogen) atoms. The van der Waals surface area contributed by atoms with Crippen molar-refractivity contribution in [2.45, 2.75) is 39.3 Å². The van der Waals surface area contributed by atoms with Crippen LogP contribution in [0.2, 0.25) is 0 Å². The topological polar surface area (TPSA) is 24.5 Å². The van der Waals surface area contributed by atoms with E-state index in [2.05, 4.69) is 24.1 Å². The molecule has 1 heterocycles. The van der Waals surface area contributed by atoms with Crippen LogP contribution in [-0.2, 0) is 4.74 Å². The second-order valence-corrected chi connectivity index (χ2v) is 5.87. The van der Waals surface area contributed by atoms with Crippen LogP contribution in [0.5, 0.6) is 0 Å². The minimum atomic E-state index is -0.116. The molecule has 1 aliphatic heterocycles. The summed E-state index contributed by atoms with van der Waals surface area (Å²) in [6.07, 6.45) is 0.987. The third-order valence-corrected chi connectivity index (χ3v) is 4.26. The summed E-state index contributed by atoms with van der Waals surface area (Å²) in [5.41, 5.74) is 1.75. The maximum atomic E-state index is 13.8. The van der Waals surface area contributed by atoms with Crippen LogP contribution in [0.3, 0.4) is 0 Å². The van der Waals surface area contributed by atoms with Gasteiger partial charge in [0.15, 0.2) is 0 Å². The van der Waals surface area contributed by atoms with Gasteiger partial charge in [0.05, 0.1) is 13.2 Å². The van der Waals surface area contributed by atoms with Crippen LogP contribution in [0.1, 0.15) is 37.4 Å². The van der Waals surface area contributed by atoms with Gasteiger partial charge in [0, 0.05) is 25.2 Å². The Morgan fingerprint density at radius 3 is 2.95 bits per heavy atom. The van der Waals surface area contributed by atoms with Gasteiger partial charge in [0.25, 0.3) is 0 Å². The maximum Gasteiger partial charge on any atom is 0.126 e. The van der Waals surface area contributed by atoms with E-state index in [0.717, 1.165) is 44.8 Å². The van der Waals surface area contributed by atoms with E-state index in [1.165, 1.54) is 0 Å². The molecule has 1 N–H and O–H groups in total. The monoisotopic (exact) mass is 294 g/mol. The molecule has 2 atom stereocenters. The van der Waals surface area contributed by atoms with Crippen molar-refractivity contribution in [1.82, 2.24) is 10.2 Å². The van der Waals surface area contributed by atoms with Crippen LogP contribution in [0.25, 0.3) is 0 Å². The zero-order valence-corrected chi connectivity index (χ0v) is 13.4. The molecule has 1 aromatic carbocycles. The molecule has 1 aliphatic rings. The van der Waals surface area contributed by atoms with Gasteiger partial charge >= 0.3 is 0 Å². The van der Waals surface area contributed by atoms with Gasteiger partial charge in [0.2, 0.25) is 0 Å². The third-order valence-electron chi connectivity index (χ3n) is 4.26. The molecule has 0 saturated carbocycles. The second-order valence-electron chi connectivity index (χ2n) is 5.87. The van der Waals surface area contributed by atoms with Crippen molar-refractivity contribution in [2.24, 2.45) is 0 Å². The van der Waals surface area contributed by atoms with Crippen LogP contribution in [0.4, 0.5) is 4.39 Å². The summed E-state index contributed by atoms with van der Waals surface area (Å²) in [6.45, 7) is 10.6. The predicted octanol–water partition coefficient (Wildman–Crippen LogP) is 2.90. The molecule has 0 spiro atoms. The first-order valence-electron chi connectivity index (χ1n) is 7.93. The fraction of sp³-hybridized carbons (Fsp3) is 0.647. The van der Waals surface area contributed by atoms with Crippen LogP contribution >= 0.6 is 0 Å². The van der Waals surface area contributed by atoms with E-state index in [9.17, 15) is 4.39 Å². The highest BCUT2D eigenvalue weighted by atomic mass is 19.1. The van der Waals surface area contributed by atoms with Gasteiger partial charge in [-0.1, -0.05) is 19.1 Å². The molecule has 0 amide bonds. The summed E-state index contributed by atoms with van der Waals surface area (Å²) in [5.74, 6) is -0.116. The Hall–Kier alpha value is -0.970. The molecule has 0 aliphatic carbocycles.